The van der Waals surface area contributed by atoms with Crippen LogP contribution in [0.3, 0.4) is 0 Å². The van der Waals surface area contributed by atoms with Crippen molar-refractivity contribution in [1.82, 2.24) is 20.4 Å². The molecule has 2 aliphatic heterocycles. The highest BCUT2D eigenvalue weighted by Crippen LogP contribution is 2.19. The molecule has 7 heteroatoms. The van der Waals surface area contributed by atoms with E-state index in [1.54, 1.807) is 0 Å². The highest BCUT2D eigenvalue weighted by atomic mass is 16.5. The predicted octanol–water partition coefficient (Wildman–Crippen LogP) is 2.18. The maximum Gasteiger partial charge on any atom is 0.191 e. The van der Waals surface area contributed by atoms with Crippen LogP contribution < -0.4 is 15.4 Å². The Morgan fingerprint density at radius 3 is 2.77 bits per heavy atom. The standard InChI is InChI=1S/C24H41N5O2/c1-5-25-24(27-23-18-29(19(2)3)17-20(23)4)26-16-21-7-6-8-22(15-21)31-14-11-28-9-12-30-13-10-28/h6-8,15,19-20,23H,5,9-14,16-18H2,1-4H3,(H2,25,26,27). The van der Waals surface area contributed by atoms with Crippen LogP contribution in [0.4, 0.5) is 0 Å². The summed E-state index contributed by atoms with van der Waals surface area (Å²) in [5, 5.41) is 7.06. The number of hydrogen-bond donors (Lipinski definition) is 2. The van der Waals surface area contributed by atoms with Crippen LogP contribution in [0.5, 0.6) is 5.75 Å². The van der Waals surface area contributed by atoms with Gasteiger partial charge in [0.25, 0.3) is 0 Å². The van der Waals surface area contributed by atoms with Gasteiger partial charge >= 0.3 is 0 Å². The second kappa shape index (κ2) is 12.3. The van der Waals surface area contributed by atoms with Gasteiger partial charge in [0.05, 0.1) is 19.8 Å². The normalized spacial score (nSPS) is 23.3. The molecule has 0 aliphatic carbocycles. The van der Waals surface area contributed by atoms with Crippen molar-refractivity contribution in [2.24, 2.45) is 10.9 Å². The Morgan fingerprint density at radius 1 is 1.26 bits per heavy atom. The lowest BCUT2D eigenvalue weighted by Crippen LogP contribution is -2.46. The molecular weight excluding hydrogens is 390 g/mol. The zero-order valence-electron chi connectivity index (χ0n) is 19.8. The maximum absolute atomic E-state index is 5.99. The van der Waals surface area contributed by atoms with Crippen LogP contribution in [0.15, 0.2) is 29.3 Å². The van der Waals surface area contributed by atoms with Gasteiger partial charge in [-0.05, 0) is 44.4 Å². The molecule has 0 bridgehead atoms. The number of ether oxygens (including phenoxy) is 2. The number of likely N-dealkylation sites (tertiary alicyclic amines) is 1. The van der Waals surface area contributed by atoms with Crippen molar-refractivity contribution < 1.29 is 9.47 Å². The topological polar surface area (TPSA) is 61.4 Å². The van der Waals surface area contributed by atoms with Gasteiger partial charge in [0.1, 0.15) is 12.4 Å². The van der Waals surface area contributed by atoms with Crippen LogP contribution in [0.25, 0.3) is 0 Å². The van der Waals surface area contributed by atoms with Crippen molar-refractivity contribution in [3.05, 3.63) is 29.8 Å². The molecule has 0 amide bonds. The van der Waals surface area contributed by atoms with Gasteiger partial charge in [0, 0.05) is 51.4 Å². The van der Waals surface area contributed by atoms with E-state index in [0.717, 1.165) is 69.8 Å². The van der Waals surface area contributed by atoms with Gasteiger partial charge in [-0.15, -0.1) is 0 Å². The summed E-state index contributed by atoms with van der Waals surface area (Å²) in [4.78, 5) is 9.76. The maximum atomic E-state index is 5.99. The van der Waals surface area contributed by atoms with Gasteiger partial charge in [-0.1, -0.05) is 19.1 Å². The largest absolute Gasteiger partial charge is 0.492 e. The van der Waals surface area contributed by atoms with Crippen LogP contribution in [-0.2, 0) is 11.3 Å². The van der Waals surface area contributed by atoms with E-state index in [2.05, 4.69) is 66.3 Å². The molecule has 0 spiro atoms. The number of nitrogens with one attached hydrogen (secondary N) is 2. The van der Waals surface area contributed by atoms with E-state index < -0.39 is 0 Å². The molecule has 2 unspecified atom stereocenters. The second-order valence-electron chi connectivity index (χ2n) is 8.92. The molecule has 2 fully saturated rings. The SMILES string of the molecule is CCNC(=NCc1cccc(OCCN2CCOCC2)c1)NC1CN(C(C)C)CC1C. The number of benzene rings is 1. The Morgan fingerprint density at radius 2 is 2.06 bits per heavy atom. The summed E-state index contributed by atoms with van der Waals surface area (Å²) in [6, 6.07) is 9.30. The first-order valence-corrected chi connectivity index (χ1v) is 11.9. The summed E-state index contributed by atoms with van der Waals surface area (Å²) in [5.41, 5.74) is 1.16. The fraction of sp³-hybridized carbons (Fsp3) is 0.708. The molecule has 174 valence electrons. The predicted molar refractivity (Wildman–Crippen MR) is 127 cm³/mol. The van der Waals surface area contributed by atoms with E-state index in [1.165, 1.54) is 0 Å². The van der Waals surface area contributed by atoms with Gasteiger partial charge in [0.2, 0.25) is 0 Å². The molecule has 3 rings (SSSR count). The van der Waals surface area contributed by atoms with Crippen LogP contribution in [0.1, 0.15) is 33.3 Å². The summed E-state index contributed by atoms with van der Waals surface area (Å²) in [6.07, 6.45) is 0. The summed E-state index contributed by atoms with van der Waals surface area (Å²) < 4.78 is 11.4. The molecule has 2 aliphatic rings. The first kappa shape index (κ1) is 23.8. The number of nitrogens with zero attached hydrogens (tertiary/aromatic N) is 3. The Labute approximate surface area is 188 Å². The number of aliphatic imine (C=N–C) groups is 1. The lowest BCUT2D eigenvalue weighted by molar-refractivity contribution is 0.0322. The van der Waals surface area contributed by atoms with Crippen molar-refractivity contribution in [2.45, 2.75) is 46.3 Å². The summed E-state index contributed by atoms with van der Waals surface area (Å²) in [7, 11) is 0. The van der Waals surface area contributed by atoms with Crippen molar-refractivity contribution in [2.75, 3.05) is 59.1 Å². The molecule has 2 atom stereocenters. The minimum absolute atomic E-state index is 0.426. The van der Waals surface area contributed by atoms with Gasteiger partial charge in [-0.3, -0.25) is 9.80 Å². The van der Waals surface area contributed by atoms with E-state index in [0.29, 0.717) is 31.2 Å². The third-order valence-corrected chi connectivity index (χ3v) is 6.14. The first-order valence-electron chi connectivity index (χ1n) is 11.9. The Bertz CT molecular complexity index is 690. The number of guanidine groups is 1. The summed E-state index contributed by atoms with van der Waals surface area (Å²) in [6.45, 7) is 17.9. The number of hydrogen-bond acceptors (Lipinski definition) is 5. The van der Waals surface area contributed by atoms with Crippen molar-refractivity contribution >= 4 is 5.96 Å². The minimum Gasteiger partial charge on any atom is -0.492 e. The molecule has 31 heavy (non-hydrogen) atoms. The van der Waals surface area contributed by atoms with Gasteiger partial charge < -0.3 is 20.1 Å². The van der Waals surface area contributed by atoms with Crippen molar-refractivity contribution in [3.8, 4) is 5.75 Å². The van der Waals surface area contributed by atoms with Gasteiger partial charge in [-0.2, -0.15) is 0 Å². The molecule has 0 saturated carbocycles. The van der Waals surface area contributed by atoms with E-state index in [4.69, 9.17) is 14.5 Å². The van der Waals surface area contributed by atoms with E-state index in [-0.39, 0.29) is 0 Å². The van der Waals surface area contributed by atoms with Crippen molar-refractivity contribution in [1.29, 1.82) is 0 Å². The van der Waals surface area contributed by atoms with E-state index in [1.807, 2.05) is 6.07 Å². The Hall–Kier alpha value is -1.83. The first-order chi connectivity index (χ1) is 15.0. The van der Waals surface area contributed by atoms with Gasteiger partial charge in [-0.25, -0.2) is 4.99 Å². The molecule has 0 aromatic heterocycles. The number of rotatable bonds is 9. The molecule has 7 nitrogen and oxygen atoms in total. The zero-order valence-corrected chi connectivity index (χ0v) is 19.8. The molecule has 0 radical (unpaired) electrons. The lowest BCUT2D eigenvalue weighted by Gasteiger charge is -2.26. The van der Waals surface area contributed by atoms with Crippen LogP contribution >= 0.6 is 0 Å². The molecule has 2 saturated heterocycles. The lowest BCUT2D eigenvalue weighted by atomic mass is 10.1. The Balaban J connectivity index is 1.51. The third kappa shape index (κ3) is 7.66. The minimum atomic E-state index is 0.426. The average molecular weight is 432 g/mol. The van der Waals surface area contributed by atoms with E-state index >= 15 is 0 Å². The molecule has 1 aromatic carbocycles. The highest BCUT2D eigenvalue weighted by molar-refractivity contribution is 5.80. The second-order valence-corrected chi connectivity index (χ2v) is 8.92. The molecular formula is C24H41N5O2. The van der Waals surface area contributed by atoms with Crippen LogP contribution in [0.2, 0.25) is 0 Å². The smallest absolute Gasteiger partial charge is 0.191 e. The molecule has 2 heterocycles. The van der Waals surface area contributed by atoms with Crippen molar-refractivity contribution in [3.63, 3.8) is 0 Å². The van der Waals surface area contributed by atoms with Crippen LogP contribution in [-0.4, -0.2) is 86.9 Å². The fourth-order valence-corrected chi connectivity index (χ4v) is 4.13. The Kier molecular flexibility index (Phi) is 9.43. The number of morpholine rings is 1. The van der Waals surface area contributed by atoms with E-state index in [9.17, 15) is 0 Å². The summed E-state index contributed by atoms with van der Waals surface area (Å²) in [5.74, 6) is 2.41. The summed E-state index contributed by atoms with van der Waals surface area (Å²) >= 11 is 0. The average Bonchev–Trinajstić information content (AvgIpc) is 3.14. The van der Waals surface area contributed by atoms with Gasteiger partial charge in [0.15, 0.2) is 5.96 Å². The molecule has 2 N–H and O–H groups in total. The quantitative estimate of drug-likeness (QED) is 0.462. The third-order valence-electron chi connectivity index (χ3n) is 6.14. The fourth-order valence-electron chi connectivity index (χ4n) is 4.13. The monoisotopic (exact) mass is 431 g/mol. The highest BCUT2D eigenvalue weighted by Gasteiger charge is 2.31. The molecule has 1 aromatic rings. The van der Waals surface area contributed by atoms with Crippen LogP contribution in [0, 0.1) is 5.92 Å². The zero-order chi connectivity index (χ0) is 22.1.